The Kier molecular flexibility index (Phi) is 11.7. The zero-order valence-corrected chi connectivity index (χ0v) is 35.3. The maximum absolute atomic E-state index is 14.9. The molecule has 0 spiro atoms. The van der Waals surface area contributed by atoms with Gasteiger partial charge in [-0.2, -0.15) is 0 Å². The molecule has 3 N–H and O–H groups in total. The lowest BCUT2D eigenvalue weighted by atomic mass is 9.88. The lowest BCUT2D eigenvalue weighted by Crippen LogP contribution is -2.59. The first kappa shape index (κ1) is 42.0. The molecule has 14 nitrogen and oxygen atoms in total. The van der Waals surface area contributed by atoms with Gasteiger partial charge in [-0.15, -0.1) is 0 Å². The number of carbonyl (C=O) groups is 4. The maximum Gasteiger partial charge on any atom is 0.408 e. The Morgan fingerprint density at radius 2 is 1.75 bits per heavy atom. The first-order chi connectivity index (χ1) is 28.0. The summed E-state index contributed by atoms with van der Waals surface area (Å²) in [6.45, 7) is 9.15. The SMILES string of the molecule is COc1ccc2c(O[C@@H]3C[C@H]4C(=O)N[C@]5(C(=O)NS(=O)(=O)C6CC6)C[C@H]5/C=C\CC[C@H](C)C[C@@H](C)[C@H](NC(=O)OC(C)(C)C)C(=O)N4C3)nc(-c3ccccc3)cc2c1. The molecule has 2 aromatic carbocycles. The van der Waals surface area contributed by atoms with Crippen LogP contribution in [-0.2, 0) is 29.1 Å². The smallest absolute Gasteiger partial charge is 0.408 e. The van der Waals surface area contributed by atoms with Gasteiger partial charge in [-0.25, -0.2) is 18.2 Å². The number of nitrogens with zero attached hydrogens (tertiary/aromatic N) is 2. The van der Waals surface area contributed by atoms with Crippen LogP contribution in [0, 0.1) is 17.8 Å². The molecule has 2 aliphatic heterocycles. The molecule has 316 valence electrons. The second-order valence-electron chi connectivity index (χ2n) is 17.6. The molecule has 1 saturated heterocycles. The average Bonchev–Trinajstić information content (AvgIpc) is 4.11. The summed E-state index contributed by atoms with van der Waals surface area (Å²) in [5, 5.41) is 6.61. The number of carbonyl (C=O) groups excluding carboxylic acids is 4. The molecule has 4 aliphatic rings. The molecule has 2 aliphatic carbocycles. The lowest BCUT2D eigenvalue weighted by Gasteiger charge is -2.33. The molecular formula is C44H55N5O9S. The Balaban J connectivity index is 1.26. The van der Waals surface area contributed by atoms with E-state index >= 15 is 0 Å². The predicted octanol–water partition coefficient (Wildman–Crippen LogP) is 5.65. The highest BCUT2D eigenvalue weighted by Crippen LogP contribution is 2.46. The molecular weight excluding hydrogens is 775 g/mol. The van der Waals surface area contributed by atoms with Crippen LogP contribution in [0.25, 0.3) is 22.0 Å². The topological polar surface area (TPSA) is 182 Å². The molecule has 7 atom stereocenters. The Bertz CT molecular complexity index is 2240. The van der Waals surface area contributed by atoms with Crippen LogP contribution in [0.2, 0.25) is 0 Å². The Labute approximate surface area is 345 Å². The minimum absolute atomic E-state index is 0.0228. The summed E-state index contributed by atoms with van der Waals surface area (Å²) in [7, 11) is -2.33. The van der Waals surface area contributed by atoms with Crippen molar-refractivity contribution in [2.24, 2.45) is 17.8 Å². The van der Waals surface area contributed by atoms with Gasteiger partial charge in [0.2, 0.25) is 27.7 Å². The number of methoxy groups -OCH3 is 1. The van der Waals surface area contributed by atoms with Crippen molar-refractivity contribution in [2.45, 2.75) is 114 Å². The molecule has 15 heteroatoms. The fourth-order valence-electron chi connectivity index (χ4n) is 8.27. The Morgan fingerprint density at radius 1 is 1.00 bits per heavy atom. The van der Waals surface area contributed by atoms with Crippen molar-refractivity contribution in [3.63, 3.8) is 0 Å². The number of benzene rings is 2. The van der Waals surface area contributed by atoms with Gasteiger partial charge in [0.15, 0.2) is 0 Å². The summed E-state index contributed by atoms with van der Waals surface area (Å²) in [5.74, 6) is -1.65. The highest BCUT2D eigenvalue weighted by molar-refractivity contribution is 7.91. The van der Waals surface area contributed by atoms with Gasteiger partial charge in [0, 0.05) is 23.3 Å². The largest absolute Gasteiger partial charge is 0.497 e. The number of hydrogen-bond donors (Lipinski definition) is 3. The Hall–Kier alpha value is -5.18. The molecule has 3 heterocycles. The monoisotopic (exact) mass is 829 g/mol. The van der Waals surface area contributed by atoms with Gasteiger partial charge in [0.1, 0.15) is 35.1 Å². The number of amides is 4. The van der Waals surface area contributed by atoms with Crippen molar-refractivity contribution in [1.82, 2.24) is 25.2 Å². The third-order valence-corrected chi connectivity index (χ3v) is 13.5. The van der Waals surface area contributed by atoms with Gasteiger partial charge in [0.25, 0.3) is 5.91 Å². The Morgan fingerprint density at radius 3 is 2.44 bits per heavy atom. The van der Waals surface area contributed by atoms with Gasteiger partial charge in [-0.3, -0.25) is 19.1 Å². The van der Waals surface area contributed by atoms with Gasteiger partial charge in [0.05, 0.1) is 24.6 Å². The fourth-order valence-corrected chi connectivity index (χ4v) is 9.63. The van der Waals surface area contributed by atoms with Gasteiger partial charge in [-0.05, 0) is 101 Å². The van der Waals surface area contributed by atoms with E-state index in [4.69, 9.17) is 19.2 Å². The fraction of sp³-hybridized carbons (Fsp3) is 0.523. The zero-order chi connectivity index (χ0) is 42.3. The predicted molar refractivity (Wildman–Crippen MR) is 222 cm³/mol. The van der Waals surface area contributed by atoms with E-state index in [2.05, 4.69) is 22.3 Å². The van der Waals surface area contributed by atoms with Crippen LogP contribution in [0.1, 0.15) is 79.6 Å². The molecule has 0 bridgehead atoms. The van der Waals surface area contributed by atoms with E-state index in [0.717, 1.165) is 17.4 Å². The maximum atomic E-state index is 14.9. The minimum Gasteiger partial charge on any atom is -0.497 e. The van der Waals surface area contributed by atoms with Gasteiger partial charge < -0.3 is 29.7 Å². The summed E-state index contributed by atoms with van der Waals surface area (Å²) in [4.78, 5) is 63.1. The van der Waals surface area contributed by atoms with Gasteiger partial charge >= 0.3 is 6.09 Å². The summed E-state index contributed by atoms with van der Waals surface area (Å²) < 4.78 is 46.0. The van der Waals surface area contributed by atoms with Crippen molar-refractivity contribution < 1.29 is 41.8 Å². The van der Waals surface area contributed by atoms with Crippen molar-refractivity contribution in [3.05, 3.63) is 66.7 Å². The number of nitrogens with one attached hydrogen (secondary N) is 3. The molecule has 2 saturated carbocycles. The van der Waals surface area contributed by atoms with Crippen molar-refractivity contribution in [2.75, 3.05) is 13.7 Å². The number of ether oxygens (including phenoxy) is 3. The normalized spacial score (nSPS) is 28.2. The van der Waals surface area contributed by atoms with E-state index < -0.39 is 74.3 Å². The summed E-state index contributed by atoms with van der Waals surface area (Å²) in [6.07, 6.45) is 5.50. The van der Waals surface area contributed by atoms with Crippen LogP contribution in [0.4, 0.5) is 4.79 Å². The van der Waals surface area contributed by atoms with Crippen LogP contribution in [0.3, 0.4) is 0 Å². The summed E-state index contributed by atoms with van der Waals surface area (Å²) in [5.41, 5.74) is -0.858. The van der Waals surface area contributed by atoms with Crippen LogP contribution in [0.15, 0.2) is 66.7 Å². The third-order valence-electron chi connectivity index (χ3n) is 11.6. The van der Waals surface area contributed by atoms with Crippen LogP contribution < -0.4 is 24.8 Å². The van der Waals surface area contributed by atoms with Crippen molar-refractivity contribution >= 4 is 44.6 Å². The number of rotatable bonds is 8. The number of pyridine rings is 1. The molecule has 3 fully saturated rings. The van der Waals surface area contributed by atoms with E-state index in [0.29, 0.717) is 48.4 Å². The number of fused-ring (bicyclic) bond motifs is 3. The quantitative estimate of drug-likeness (QED) is 0.240. The van der Waals surface area contributed by atoms with Crippen LogP contribution in [-0.4, -0.2) is 90.3 Å². The first-order valence-corrected chi connectivity index (χ1v) is 22.1. The van der Waals surface area contributed by atoms with Crippen molar-refractivity contribution in [3.8, 4) is 22.9 Å². The number of allylic oxidation sites excluding steroid dienone is 1. The minimum atomic E-state index is -3.92. The molecule has 0 radical (unpaired) electrons. The number of sulfonamides is 1. The standard InChI is InChI=1S/C44H55N5O9S/c1-26-12-10-11-15-30-24-44(30,41(52)48-59(54,55)33-17-18-33)47-38(50)36-23-32(25-49(36)40(51)37(27(2)20-26)46-42(53)58-43(3,4)5)57-39-34-19-16-31(56-6)21-29(34)22-35(45-39)28-13-8-7-9-14-28/h7-9,11,13-16,19,21-22,26-27,30,32-33,36-37H,10,12,17-18,20,23-25H2,1-6H3,(H,46,53)(H,47,50)(H,48,52)/b15-11-/t26-,27+,30+,32+,36-,37-,44+/m0/s1. The van der Waals surface area contributed by atoms with Crippen molar-refractivity contribution in [1.29, 1.82) is 0 Å². The third kappa shape index (κ3) is 9.50. The zero-order valence-electron chi connectivity index (χ0n) is 34.5. The molecule has 59 heavy (non-hydrogen) atoms. The second kappa shape index (κ2) is 16.5. The molecule has 3 aromatic rings. The second-order valence-corrected chi connectivity index (χ2v) is 19.6. The first-order valence-electron chi connectivity index (χ1n) is 20.5. The molecule has 4 amide bonds. The summed E-state index contributed by atoms with van der Waals surface area (Å²) >= 11 is 0. The highest BCUT2D eigenvalue weighted by Gasteiger charge is 2.62. The molecule has 7 rings (SSSR count). The van der Waals surface area contributed by atoms with Crippen LogP contribution in [0.5, 0.6) is 11.6 Å². The highest BCUT2D eigenvalue weighted by atomic mass is 32.2. The van der Waals surface area contributed by atoms with E-state index in [1.807, 2.05) is 67.6 Å². The average molecular weight is 830 g/mol. The van der Waals surface area contributed by atoms with E-state index in [1.54, 1.807) is 33.9 Å². The molecule has 0 unspecified atom stereocenters. The summed E-state index contributed by atoms with van der Waals surface area (Å²) in [6, 6.07) is 14.9. The van der Waals surface area contributed by atoms with E-state index in [1.165, 1.54) is 4.90 Å². The number of aromatic nitrogens is 1. The number of hydrogen-bond acceptors (Lipinski definition) is 10. The van der Waals surface area contributed by atoms with E-state index in [-0.39, 0.29) is 31.2 Å². The van der Waals surface area contributed by atoms with E-state index in [9.17, 15) is 27.6 Å². The molecule has 1 aromatic heterocycles. The van der Waals surface area contributed by atoms with Gasteiger partial charge in [-0.1, -0.05) is 56.3 Å². The van der Waals surface area contributed by atoms with Crippen LogP contribution >= 0.6 is 0 Å². The lowest BCUT2D eigenvalue weighted by molar-refractivity contribution is -0.142. The number of alkyl carbamates (subject to hydrolysis) is 1.